The normalized spacial score (nSPS) is 19.9. The molecular formula is C15H21N3O2. The number of oxime groups is 1. The van der Waals surface area contributed by atoms with E-state index in [0.717, 1.165) is 30.5 Å². The molecule has 1 saturated heterocycles. The van der Waals surface area contributed by atoms with E-state index in [1.165, 1.54) is 0 Å². The monoisotopic (exact) mass is 275 g/mol. The third-order valence-electron chi connectivity index (χ3n) is 3.91. The van der Waals surface area contributed by atoms with Gasteiger partial charge in [0.25, 0.3) is 0 Å². The first-order valence-electron chi connectivity index (χ1n) is 6.91. The zero-order chi connectivity index (χ0) is 14.5. The van der Waals surface area contributed by atoms with Gasteiger partial charge < -0.3 is 15.8 Å². The van der Waals surface area contributed by atoms with Crippen molar-refractivity contribution >= 4 is 11.7 Å². The predicted octanol–water partition coefficient (Wildman–Crippen LogP) is 1.52. The first-order valence-corrected chi connectivity index (χ1v) is 6.91. The Morgan fingerprint density at radius 3 is 2.95 bits per heavy atom. The van der Waals surface area contributed by atoms with Crippen LogP contribution in [0, 0.1) is 12.8 Å². The number of carbonyl (C=O) groups is 1. The summed E-state index contributed by atoms with van der Waals surface area (Å²) in [4.78, 5) is 14.2. The van der Waals surface area contributed by atoms with Crippen LogP contribution in [0.5, 0.6) is 0 Å². The summed E-state index contributed by atoms with van der Waals surface area (Å²) in [6.07, 6.45) is 2.17. The third kappa shape index (κ3) is 3.29. The fourth-order valence-corrected chi connectivity index (χ4v) is 2.61. The second-order valence-corrected chi connectivity index (χ2v) is 5.31. The second-order valence-electron chi connectivity index (χ2n) is 5.31. The molecule has 20 heavy (non-hydrogen) atoms. The van der Waals surface area contributed by atoms with Gasteiger partial charge in [0.05, 0.1) is 6.42 Å². The number of rotatable bonds is 3. The van der Waals surface area contributed by atoms with Crippen LogP contribution in [-0.4, -0.2) is 34.9 Å². The lowest BCUT2D eigenvalue weighted by Gasteiger charge is -2.32. The number of hydrogen-bond donors (Lipinski definition) is 2. The molecule has 1 unspecified atom stereocenters. The Labute approximate surface area is 119 Å². The van der Waals surface area contributed by atoms with Crippen LogP contribution < -0.4 is 5.73 Å². The predicted molar refractivity (Wildman–Crippen MR) is 77.6 cm³/mol. The number of hydrogen-bond acceptors (Lipinski definition) is 3. The molecule has 0 aliphatic carbocycles. The molecule has 1 aliphatic rings. The summed E-state index contributed by atoms with van der Waals surface area (Å²) in [5.41, 5.74) is 7.84. The zero-order valence-electron chi connectivity index (χ0n) is 11.7. The van der Waals surface area contributed by atoms with Crippen LogP contribution in [0.25, 0.3) is 0 Å². The minimum atomic E-state index is -0.0328. The first kappa shape index (κ1) is 14.4. The summed E-state index contributed by atoms with van der Waals surface area (Å²) in [6, 6.07) is 7.92. The van der Waals surface area contributed by atoms with Gasteiger partial charge in [0, 0.05) is 19.0 Å². The zero-order valence-corrected chi connectivity index (χ0v) is 11.7. The van der Waals surface area contributed by atoms with Gasteiger partial charge in [-0.05, 0) is 30.9 Å². The van der Waals surface area contributed by atoms with Gasteiger partial charge in [0.15, 0.2) is 0 Å². The Morgan fingerprint density at radius 1 is 1.50 bits per heavy atom. The fourth-order valence-electron chi connectivity index (χ4n) is 2.61. The average molecular weight is 275 g/mol. The molecule has 1 amide bonds. The van der Waals surface area contributed by atoms with Crippen molar-refractivity contribution in [2.45, 2.75) is 26.2 Å². The van der Waals surface area contributed by atoms with E-state index in [1.807, 2.05) is 36.1 Å². The highest BCUT2D eigenvalue weighted by Crippen LogP contribution is 2.18. The molecule has 5 nitrogen and oxygen atoms in total. The van der Waals surface area contributed by atoms with Gasteiger partial charge in [-0.25, -0.2) is 0 Å². The molecular weight excluding hydrogens is 254 g/mol. The van der Waals surface area contributed by atoms with Crippen LogP contribution in [0.4, 0.5) is 0 Å². The molecule has 0 radical (unpaired) electrons. The molecule has 1 heterocycles. The van der Waals surface area contributed by atoms with Crippen molar-refractivity contribution in [2.24, 2.45) is 16.8 Å². The SMILES string of the molecule is Cc1ccccc1CC(=O)N1CCCC(C(N)=NO)C1. The van der Waals surface area contributed by atoms with E-state index in [2.05, 4.69) is 5.16 Å². The number of piperidine rings is 1. The minimum absolute atomic E-state index is 0.0328. The van der Waals surface area contributed by atoms with Gasteiger partial charge in [-0.2, -0.15) is 0 Å². The van der Waals surface area contributed by atoms with E-state index in [-0.39, 0.29) is 17.7 Å². The lowest BCUT2D eigenvalue weighted by Crippen LogP contribution is -2.44. The highest BCUT2D eigenvalue weighted by Gasteiger charge is 2.26. The third-order valence-corrected chi connectivity index (χ3v) is 3.91. The number of benzene rings is 1. The summed E-state index contributed by atoms with van der Waals surface area (Å²) < 4.78 is 0. The number of aryl methyl sites for hydroxylation is 1. The molecule has 5 heteroatoms. The fraction of sp³-hybridized carbons (Fsp3) is 0.467. The van der Waals surface area contributed by atoms with Crippen molar-refractivity contribution in [1.82, 2.24) is 4.90 Å². The summed E-state index contributed by atoms with van der Waals surface area (Å²) in [6.45, 7) is 3.30. The number of likely N-dealkylation sites (tertiary alicyclic amines) is 1. The van der Waals surface area contributed by atoms with Crippen molar-refractivity contribution in [1.29, 1.82) is 0 Å². The molecule has 108 valence electrons. The van der Waals surface area contributed by atoms with Gasteiger partial charge >= 0.3 is 0 Å². The maximum atomic E-state index is 12.4. The maximum absolute atomic E-state index is 12.4. The molecule has 0 bridgehead atoms. The van der Waals surface area contributed by atoms with Gasteiger partial charge in [-0.1, -0.05) is 29.4 Å². The quantitative estimate of drug-likeness (QED) is 0.380. The molecule has 1 aliphatic heterocycles. The van der Waals surface area contributed by atoms with Crippen LogP contribution in [0.2, 0.25) is 0 Å². The molecule has 0 aromatic heterocycles. The number of nitrogens with two attached hydrogens (primary N) is 1. The number of nitrogens with zero attached hydrogens (tertiary/aromatic N) is 2. The first-order chi connectivity index (χ1) is 9.61. The molecule has 1 atom stereocenters. The molecule has 1 aromatic carbocycles. The van der Waals surface area contributed by atoms with Crippen LogP contribution >= 0.6 is 0 Å². The number of amides is 1. The summed E-state index contributed by atoms with van der Waals surface area (Å²) >= 11 is 0. The van der Waals surface area contributed by atoms with Crippen molar-refractivity contribution in [3.63, 3.8) is 0 Å². The smallest absolute Gasteiger partial charge is 0.227 e. The molecule has 3 N–H and O–H groups in total. The van der Waals surface area contributed by atoms with Crippen molar-refractivity contribution < 1.29 is 10.0 Å². The lowest BCUT2D eigenvalue weighted by molar-refractivity contribution is -0.131. The van der Waals surface area contributed by atoms with Crippen LogP contribution in [0.15, 0.2) is 29.4 Å². The van der Waals surface area contributed by atoms with Crippen molar-refractivity contribution in [3.8, 4) is 0 Å². The molecule has 0 spiro atoms. The van der Waals surface area contributed by atoms with Crippen LogP contribution in [0.3, 0.4) is 0 Å². The topological polar surface area (TPSA) is 78.9 Å². The maximum Gasteiger partial charge on any atom is 0.227 e. The summed E-state index contributed by atoms with van der Waals surface area (Å²) in [7, 11) is 0. The molecule has 1 aromatic rings. The molecule has 0 saturated carbocycles. The van der Waals surface area contributed by atoms with Crippen LogP contribution in [0.1, 0.15) is 24.0 Å². The Morgan fingerprint density at radius 2 is 2.25 bits per heavy atom. The Balaban J connectivity index is 2.01. The van der Waals surface area contributed by atoms with Gasteiger partial charge in [-0.15, -0.1) is 0 Å². The van der Waals surface area contributed by atoms with Crippen LogP contribution in [-0.2, 0) is 11.2 Å². The Kier molecular flexibility index (Phi) is 4.61. The van der Waals surface area contributed by atoms with E-state index in [4.69, 9.17) is 10.9 Å². The van der Waals surface area contributed by atoms with E-state index >= 15 is 0 Å². The largest absolute Gasteiger partial charge is 0.409 e. The molecule has 1 fully saturated rings. The van der Waals surface area contributed by atoms with E-state index in [1.54, 1.807) is 0 Å². The van der Waals surface area contributed by atoms with Crippen molar-refractivity contribution in [3.05, 3.63) is 35.4 Å². The number of carbonyl (C=O) groups excluding carboxylic acids is 1. The highest BCUT2D eigenvalue weighted by atomic mass is 16.4. The number of amidine groups is 1. The Hall–Kier alpha value is -2.04. The van der Waals surface area contributed by atoms with E-state index in [9.17, 15) is 4.79 Å². The van der Waals surface area contributed by atoms with Gasteiger partial charge in [-0.3, -0.25) is 4.79 Å². The average Bonchev–Trinajstić information content (AvgIpc) is 2.49. The summed E-state index contributed by atoms with van der Waals surface area (Å²) in [5, 5.41) is 11.8. The second kappa shape index (κ2) is 6.41. The Bertz CT molecular complexity index is 514. The van der Waals surface area contributed by atoms with Gasteiger partial charge in [0.1, 0.15) is 5.84 Å². The molecule has 2 rings (SSSR count). The van der Waals surface area contributed by atoms with Crippen molar-refractivity contribution in [2.75, 3.05) is 13.1 Å². The standard InChI is InChI=1S/C15H21N3O2/c1-11-5-2-3-6-12(11)9-14(19)18-8-4-7-13(10-18)15(16)17-20/h2-3,5-6,13,20H,4,7-10H2,1H3,(H2,16,17). The highest BCUT2D eigenvalue weighted by molar-refractivity contribution is 5.84. The van der Waals surface area contributed by atoms with E-state index < -0.39 is 0 Å². The van der Waals surface area contributed by atoms with E-state index in [0.29, 0.717) is 13.0 Å². The summed E-state index contributed by atoms with van der Waals surface area (Å²) in [5.74, 6) is 0.294. The minimum Gasteiger partial charge on any atom is -0.409 e. The lowest BCUT2D eigenvalue weighted by atomic mass is 9.96. The van der Waals surface area contributed by atoms with Gasteiger partial charge in [0.2, 0.25) is 5.91 Å².